The van der Waals surface area contributed by atoms with Gasteiger partial charge in [0.15, 0.2) is 10.9 Å². The second-order valence-electron chi connectivity index (χ2n) is 9.14. The van der Waals surface area contributed by atoms with Crippen LogP contribution in [0.2, 0.25) is 5.02 Å². The Morgan fingerprint density at radius 1 is 1.11 bits per heavy atom. The Labute approximate surface area is 233 Å². The lowest BCUT2D eigenvalue weighted by atomic mass is 10.0. The van der Waals surface area contributed by atoms with E-state index in [-0.39, 0.29) is 5.52 Å². The largest absolute Gasteiger partial charge is 0.375 e. The highest BCUT2D eigenvalue weighted by Crippen LogP contribution is 2.42. The van der Waals surface area contributed by atoms with E-state index in [1.165, 1.54) is 11.3 Å². The van der Waals surface area contributed by atoms with E-state index < -0.39 is 5.82 Å². The normalized spacial score (nSPS) is 13.5. The second kappa shape index (κ2) is 12.4. The van der Waals surface area contributed by atoms with Gasteiger partial charge in [-0.2, -0.15) is 4.98 Å². The molecule has 0 unspecified atom stereocenters. The Morgan fingerprint density at radius 3 is 2.47 bits per heavy atom. The number of halogens is 2. The van der Waals surface area contributed by atoms with Crippen LogP contribution >= 0.6 is 22.9 Å². The third kappa shape index (κ3) is 5.37. The SMILES string of the molecule is CC.CCCN(CCC)c1nc(N2CC(NCC)C2)nc2c(F)c(-c3cccc4sc(N)nc34)c(Cl)cc12. The molecular weight excluding hydrogens is 521 g/mol. The van der Waals surface area contributed by atoms with Gasteiger partial charge < -0.3 is 20.9 Å². The van der Waals surface area contributed by atoms with Crippen LogP contribution in [0.1, 0.15) is 47.5 Å². The van der Waals surface area contributed by atoms with E-state index in [4.69, 9.17) is 27.3 Å². The fourth-order valence-corrected chi connectivity index (χ4v) is 5.94. The van der Waals surface area contributed by atoms with Crippen molar-refractivity contribution in [2.75, 3.05) is 48.3 Å². The van der Waals surface area contributed by atoms with Gasteiger partial charge in [-0.25, -0.2) is 14.4 Å². The van der Waals surface area contributed by atoms with Crippen LogP contribution in [0.3, 0.4) is 0 Å². The maximum absolute atomic E-state index is 16.4. The van der Waals surface area contributed by atoms with Gasteiger partial charge in [-0.3, -0.25) is 0 Å². The number of rotatable bonds is 9. The molecule has 2 aromatic carbocycles. The first kappa shape index (κ1) is 28.3. The molecule has 0 bridgehead atoms. The zero-order valence-corrected chi connectivity index (χ0v) is 24.4. The smallest absolute Gasteiger partial charge is 0.228 e. The van der Waals surface area contributed by atoms with Crippen molar-refractivity contribution >= 4 is 61.0 Å². The van der Waals surface area contributed by atoms with Crippen LogP contribution in [0.15, 0.2) is 24.3 Å². The van der Waals surface area contributed by atoms with Gasteiger partial charge in [-0.15, -0.1) is 0 Å². The molecule has 1 fully saturated rings. The Balaban J connectivity index is 0.00000164. The summed E-state index contributed by atoms with van der Waals surface area (Å²) in [4.78, 5) is 18.5. The molecule has 204 valence electrons. The summed E-state index contributed by atoms with van der Waals surface area (Å²) in [7, 11) is 0. The minimum Gasteiger partial charge on any atom is -0.375 e. The number of hydrogen-bond donors (Lipinski definition) is 2. The van der Waals surface area contributed by atoms with Crippen molar-refractivity contribution in [3.05, 3.63) is 35.1 Å². The first-order chi connectivity index (χ1) is 18.4. The number of likely N-dealkylation sites (N-methyl/N-ethyl adjacent to an activating group) is 1. The summed E-state index contributed by atoms with van der Waals surface area (Å²) >= 11 is 8.16. The van der Waals surface area contributed by atoms with Crippen LogP contribution in [0, 0.1) is 5.82 Å². The molecular formula is C28H37ClFN7S. The monoisotopic (exact) mass is 557 g/mol. The number of nitrogens with zero attached hydrogens (tertiary/aromatic N) is 5. The number of aromatic nitrogens is 3. The third-order valence-electron chi connectivity index (χ3n) is 6.50. The van der Waals surface area contributed by atoms with Crippen molar-refractivity contribution in [1.29, 1.82) is 0 Å². The van der Waals surface area contributed by atoms with E-state index in [1.807, 2.05) is 32.0 Å². The molecule has 0 amide bonds. The highest BCUT2D eigenvalue weighted by atomic mass is 35.5. The minimum atomic E-state index is -0.460. The van der Waals surface area contributed by atoms with Crippen LogP contribution in [0.4, 0.5) is 21.3 Å². The lowest BCUT2D eigenvalue weighted by Gasteiger charge is -2.40. The molecule has 1 aliphatic heterocycles. The Morgan fingerprint density at radius 2 is 1.82 bits per heavy atom. The summed E-state index contributed by atoms with van der Waals surface area (Å²) in [6, 6.07) is 7.82. The Kier molecular flexibility index (Phi) is 9.23. The molecule has 38 heavy (non-hydrogen) atoms. The van der Waals surface area contributed by atoms with Crippen molar-refractivity contribution in [1.82, 2.24) is 20.3 Å². The van der Waals surface area contributed by atoms with Crippen molar-refractivity contribution in [2.24, 2.45) is 0 Å². The van der Waals surface area contributed by atoms with Crippen LogP contribution in [0.5, 0.6) is 0 Å². The van der Waals surface area contributed by atoms with Gasteiger partial charge in [0.05, 0.1) is 15.2 Å². The average molecular weight is 558 g/mol. The van der Waals surface area contributed by atoms with Crippen molar-refractivity contribution in [2.45, 2.75) is 53.5 Å². The van der Waals surface area contributed by atoms with Crippen LogP contribution in [-0.4, -0.2) is 53.7 Å². The van der Waals surface area contributed by atoms with E-state index in [0.717, 1.165) is 56.1 Å². The zero-order chi connectivity index (χ0) is 27.4. The zero-order valence-electron chi connectivity index (χ0n) is 22.8. The molecule has 5 rings (SSSR count). The van der Waals surface area contributed by atoms with Crippen LogP contribution < -0.4 is 20.9 Å². The summed E-state index contributed by atoms with van der Waals surface area (Å²) < 4.78 is 17.3. The van der Waals surface area contributed by atoms with E-state index in [9.17, 15) is 0 Å². The van der Waals surface area contributed by atoms with Gasteiger partial charge in [0.2, 0.25) is 5.95 Å². The highest BCUT2D eigenvalue weighted by Gasteiger charge is 2.30. The van der Waals surface area contributed by atoms with Crippen LogP contribution in [0.25, 0.3) is 32.2 Å². The summed E-state index contributed by atoms with van der Waals surface area (Å²) in [6.45, 7) is 14.5. The number of hydrogen-bond acceptors (Lipinski definition) is 8. The molecule has 1 aliphatic rings. The number of nitrogens with one attached hydrogen (secondary N) is 1. The number of para-hydroxylation sites is 1. The first-order valence-corrected chi connectivity index (χ1v) is 14.7. The number of anilines is 3. The van der Waals surface area contributed by atoms with Crippen LogP contribution in [-0.2, 0) is 0 Å². The molecule has 3 heterocycles. The topological polar surface area (TPSA) is 83.2 Å². The van der Waals surface area contributed by atoms with Gasteiger partial charge in [-0.1, -0.05) is 69.7 Å². The van der Waals surface area contributed by atoms with Gasteiger partial charge in [0, 0.05) is 48.7 Å². The van der Waals surface area contributed by atoms with E-state index in [0.29, 0.717) is 44.2 Å². The summed E-state index contributed by atoms with van der Waals surface area (Å²) in [5, 5.41) is 4.82. The van der Waals surface area contributed by atoms with E-state index >= 15 is 4.39 Å². The number of benzene rings is 2. The molecule has 0 spiro atoms. The standard InChI is InChI=1S/C26H31ClFN7S.C2H6/c1-4-10-34(11-5-2)24-17-12-18(27)20(16-8-7-9-19-22(16)31-25(29)36-19)21(28)23(17)32-26(33-24)35-13-15(14-35)30-6-3;1-2/h7-9,12,15,30H,4-6,10-11,13-14H2,1-3H3,(H2,29,31);1-2H3. The molecule has 1 saturated heterocycles. The number of thiazole rings is 1. The fourth-order valence-electron chi connectivity index (χ4n) is 4.89. The van der Waals surface area contributed by atoms with E-state index in [1.54, 1.807) is 6.07 Å². The lowest BCUT2D eigenvalue weighted by molar-refractivity contribution is 0.423. The molecule has 0 saturated carbocycles. The quantitative estimate of drug-likeness (QED) is 0.236. The van der Waals surface area contributed by atoms with Gasteiger partial charge in [-0.05, 0) is 31.5 Å². The Hall–Kier alpha value is -2.75. The summed E-state index contributed by atoms with van der Waals surface area (Å²) in [5.41, 5.74) is 7.79. The molecule has 0 atom stereocenters. The molecule has 2 aromatic heterocycles. The molecule has 0 aliphatic carbocycles. The average Bonchev–Trinajstić information content (AvgIpc) is 3.28. The molecule has 0 radical (unpaired) electrons. The van der Waals surface area contributed by atoms with Crippen molar-refractivity contribution < 1.29 is 4.39 Å². The molecule has 4 aromatic rings. The van der Waals surface area contributed by atoms with Crippen molar-refractivity contribution in [3.8, 4) is 11.1 Å². The minimum absolute atomic E-state index is 0.277. The fraction of sp³-hybridized carbons (Fsp3) is 0.464. The number of nitrogens with two attached hydrogens (primary N) is 1. The number of fused-ring (bicyclic) bond motifs is 2. The van der Waals surface area contributed by atoms with E-state index in [2.05, 4.69) is 40.9 Å². The third-order valence-corrected chi connectivity index (χ3v) is 7.65. The highest BCUT2D eigenvalue weighted by molar-refractivity contribution is 7.22. The van der Waals surface area contributed by atoms with Gasteiger partial charge in [0.25, 0.3) is 0 Å². The predicted molar refractivity (Wildman–Crippen MR) is 161 cm³/mol. The van der Waals surface area contributed by atoms with Gasteiger partial charge >= 0.3 is 0 Å². The summed E-state index contributed by atoms with van der Waals surface area (Å²) in [6.07, 6.45) is 1.91. The van der Waals surface area contributed by atoms with Gasteiger partial charge in [0.1, 0.15) is 11.3 Å². The molecule has 3 N–H and O–H groups in total. The molecule has 10 heteroatoms. The lowest BCUT2D eigenvalue weighted by Crippen LogP contribution is -2.58. The van der Waals surface area contributed by atoms with Crippen molar-refractivity contribution in [3.63, 3.8) is 0 Å². The second-order valence-corrected chi connectivity index (χ2v) is 10.6. The molecule has 7 nitrogen and oxygen atoms in total. The predicted octanol–water partition coefficient (Wildman–Crippen LogP) is 6.73. The number of nitrogen functional groups attached to an aromatic ring is 1. The maximum atomic E-state index is 16.4. The summed E-state index contributed by atoms with van der Waals surface area (Å²) in [5.74, 6) is 0.819. The first-order valence-electron chi connectivity index (χ1n) is 13.5. The Bertz CT molecular complexity index is 1400. The maximum Gasteiger partial charge on any atom is 0.228 e.